The third-order valence-electron chi connectivity index (χ3n) is 3.87. The number of benzene rings is 1. The molecular formula is C15H21NO3. The maximum Gasteiger partial charge on any atom is 0.161 e. The lowest BCUT2D eigenvalue weighted by Gasteiger charge is -2.19. The molecule has 2 heterocycles. The molecule has 4 heteroatoms. The first-order chi connectivity index (χ1) is 9.24. The van der Waals surface area contributed by atoms with Crippen LogP contribution in [0.4, 0.5) is 0 Å². The van der Waals surface area contributed by atoms with Gasteiger partial charge in [-0.15, -0.1) is 0 Å². The molecule has 3 atom stereocenters. The van der Waals surface area contributed by atoms with Gasteiger partial charge < -0.3 is 19.9 Å². The molecule has 1 fully saturated rings. The normalized spacial score (nSPS) is 27.9. The maximum absolute atomic E-state index is 6.32. The van der Waals surface area contributed by atoms with Gasteiger partial charge in [-0.3, -0.25) is 0 Å². The van der Waals surface area contributed by atoms with Gasteiger partial charge in [0.1, 0.15) is 0 Å². The van der Waals surface area contributed by atoms with Crippen LogP contribution in [0.3, 0.4) is 0 Å². The molecular weight excluding hydrogens is 242 g/mol. The molecule has 0 amide bonds. The van der Waals surface area contributed by atoms with Crippen LogP contribution in [0.2, 0.25) is 0 Å². The molecule has 3 unspecified atom stereocenters. The second-order valence-corrected chi connectivity index (χ2v) is 5.58. The zero-order valence-electron chi connectivity index (χ0n) is 11.3. The van der Waals surface area contributed by atoms with E-state index in [2.05, 4.69) is 6.92 Å². The van der Waals surface area contributed by atoms with Crippen LogP contribution in [-0.4, -0.2) is 26.4 Å². The van der Waals surface area contributed by atoms with Crippen LogP contribution in [0.25, 0.3) is 0 Å². The van der Waals surface area contributed by atoms with Crippen LogP contribution in [-0.2, 0) is 4.74 Å². The zero-order chi connectivity index (χ0) is 13.2. The summed E-state index contributed by atoms with van der Waals surface area (Å²) in [6.45, 7) is 5.09. The van der Waals surface area contributed by atoms with Gasteiger partial charge in [0.25, 0.3) is 0 Å². The lowest BCUT2D eigenvalue weighted by atomic mass is 9.93. The first-order valence-corrected chi connectivity index (χ1v) is 6.97. The summed E-state index contributed by atoms with van der Waals surface area (Å²) in [6, 6.07) is 6.05. The van der Waals surface area contributed by atoms with E-state index in [9.17, 15) is 0 Å². The first kappa shape index (κ1) is 12.8. The average Bonchev–Trinajstić information content (AvgIpc) is 2.90. The highest BCUT2D eigenvalue weighted by atomic mass is 16.5. The summed E-state index contributed by atoms with van der Waals surface area (Å²) in [5, 5.41) is 0. The molecule has 104 valence electrons. The Morgan fingerprint density at radius 1 is 1.16 bits per heavy atom. The lowest BCUT2D eigenvalue weighted by molar-refractivity contribution is 0.181. The minimum absolute atomic E-state index is 0.0112. The molecule has 2 N–H and O–H groups in total. The monoisotopic (exact) mass is 263 g/mol. The van der Waals surface area contributed by atoms with Crippen molar-refractivity contribution in [2.24, 2.45) is 17.6 Å². The quantitative estimate of drug-likeness (QED) is 0.888. The van der Waals surface area contributed by atoms with E-state index in [0.29, 0.717) is 25.0 Å². The van der Waals surface area contributed by atoms with Crippen LogP contribution >= 0.6 is 0 Å². The minimum atomic E-state index is 0.0112. The molecule has 3 rings (SSSR count). The fourth-order valence-electron chi connectivity index (χ4n) is 2.58. The van der Waals surface area contributed by atoms with E-state index in [0.717, 1.165) is 36.7 Å². The molecule has 0 saturated carbocycles. The highest BCUT2D eigenvalue weighted by Crippen LogP contribution is 2.35. The second-order valence-electron chi connectivity index (χ2n) is 5.58. The van der Waals surface area contributed by atoms with Gasteiger partial charge in [-0.25, -0.2) is 0 Å². The van der Waals surface area contributed by atoms with Crippen LogP contribution in [0.1, 0.15) is 24.9 Å². The van der Waals surface area contributed by atoms with Crippen molar-refractivity contribution in [1.29, 1.82) is 0 Å². The molecule has 2 aliphatic rings. The second kappa shape index (κ2) is 5.39. The molecule has 0 bridgehead atoms. The fraction of sp³-hybridized carbons (Fsp3) is 0.600. The number of hydrogen-bond donors (Lipinski definition) is 1. The molecule has 1 aromatic rings. The van der Waals surface area contributed by atoms with Crippen molar-refractivity contribution >= 4 is 0 Å². The van der Waals surface area contributed by atoms with Gasteiger partial charge >= 0.3 is 0 Å². The zero-order valence-corrected chi connectivity index (χ0v) is 11.3. The topological polar surface area (TPSA) is 53.7 Å². The third-order valence-corrected chi connectivity index (χ3v) is 3.87. The van der Waals surface area contributed by atoms with Crippen molar-refractivity contribution in [3.8, 4) is 11.5 Å². The van der Waals surface area contributed by atoms with Gasteiger partial charge in [0.2, 0.25) is 0 Å². The predicted molar refractivity (Wildman–Crippen MR) is 72.5 cm³/mol. The number of fused-ring (bicyclic) bond motifs is 1. The summed E-state index contributed by atoms with van der Waals surface area (Å²) in [5.74, 6) is 2.45. The van der Waals surface area contributed by atoms with Gasteiger partial charge in [-0.05, 0) is 24.1 Å². The average molecular weight is 263 g/mol. The van der Waals surface area contributed by atoms with E-state index in [1.807, 2.05) is 18.2 Å². The molecule has 19 heavy (non-hydrogen) atoms. The molecule has 1 saturated heterocycles. The SMILES string of the molecule is CC1COc2ccc(C(N)C3CCOC3)cc2OC1. The standard InChI is InChI=1S/C15H21NO3/c1-10-7-18-13-3-2-11(6-14(13)19-8-10)15(16)12-4-5-17-9-12/h2-3,6,10,12,15H,4-5,7-9,16H2,1H3. The van der Waals surface area contributed by atoms with E-state index >= 15 is 0 Å². The highest BCUT2D eigenvalue weighted by molar-refractivity contribution is 5.44. The largest absolute Gasteiger partial charge is 0.489 e. The summed E-state index contributed by atoms with van der Waals surface area (Å²) >= 11 is 0. The number of ether oxygens (including phenoxy) is 3. The summed E-state index contributed by atoms with van der Waals surface area (Å²) in [6.07, 6.45) is 1.03. The van der Waals surface area contributed by atoms with Crippen LogP contribution in [0.15, 0.2) is 18.2 Å². The van der Waals surface area contributed by atoms with E-state index in [-0.39, 0.29) is 6.04 Å². The highest BCUT2D eigenvalue weighted by Gasteiger charge is 2.25. The van der Waals surface area contributed by atoms with Crippen molar-refractivity contribution in [1.82, 2.24) is 0 Å². The van der Waals surface area contributed by atoms with Crippen molar-refractivity contribution in [3.05, 3.63) is 23.8 Å². The molecule has 4 nitrogen and oxygen atoms in total. The molecule has 0 aliphatic carbocycles. The summed E-state index contributed by atoms with van der Waals surface area (Å²) < 4.78 is 16.9. The van der Waals surface area contributed by atoms with Gasteiger partial charge in [0.05, 0.1) is 19.8 Å². The van der Waals surface area contributed by atoms with E-state index in [1.54, 1.807) is 0 Å². The van der Waals surface area contributed by atoms with Crippen LogP contribution < -0.4 is 15.2 Å². The Bertz CT molecular complexity index is 443. The van der Waals surface area contributed by atoms with Crippen LogP contribution in [0, 0.1) is 11.8 Å². The smallest absolute Gasteiger partial charge is 0.161 e. The number of hydrogen-bond acceptors (Lipinski definition) is 4. The molecule has 2 aliphatic heterocycles. The molecule has 0 radical (unpaired) electrons. The van der Waals surface area contributed by atoms with Crippen molar-refractivity contribution in [3.63, 3.8) is 0 Å². The Hall–Kier alpha value is -1.26. The Morgan fingerprint density at radius 2 is 1.95 bits per heavy atom. The minimum Gasteiger partial charge on any atom is -0.489 e. The summed E-state index contributed by atoms with van der Waals surface area (Å²) in [5.41, 5.74) is 7.43. The Morgan fingerprint density at radius 3 is 2.68 bits per heavy atom. The Balaban J connectivity index is 1.80. The predicted octanol–water partition coefficient (Wildman–Crippen LogP) is 2.13. The first-order valence-electron chi connectivity index (χ1n) is 6.97. The van der Waals surface area contributed by atoms with Crippen molar-refractivity contribution in [2.75, 3.05) is 26.4 Å². The van der Waals surface area contributed by atoms with E-state index < -0.39 is 0 Å². The van der Waals surface area contributed by atoms with Crippen molar-refractivity contribution < 1.29 is 14.2 Å². The third kappa shape index (κ3) is 2.69. The maximum atomic E-state index is 6.32. The van der Waals surface area contributed by atoms with Crippen molar-refractivity contribution in [2.45, 2.75) is 19.4 Å². The number of nitrogens with two attached hydrogens (primary N) is 1. The lowest BCUT2D eigenvalue weighted by Crippen LogP contribution is -2.21. The fourth-order valence-corrected chi connectivity index (χ4v) is 2.58. The Labute approximate surface area is 113 Å². The van der Waals surface area contributed by atoms with E-state index in [4.69, 9.17) is 19.9 Å². The van der Waals surface area contributed by atoms with E-state index in [1.165, 1.54) is 0 Å². The van der Waals surface area contributed by atoms with Gasteiger partial charge in [0.15, 0.2) is 11.5 Å². The molecule has 1 aromatic carbocycles. The van der Waals surface area contributed by atoms with Gasteiger partial charge in [0, 0.05) is 24.5 Å². The number of rotatable bonds is 2. The molecule has 0 aromatic heterocycles. The molecule has 0 spiro atoms. The van der Waals surface area contributed by atoms with Gasteiger partial charge in [-0.1, -0.05) is 13.0 Å². The van der Waals surface area contributed by atoms with Gasteiger partial charge in [-0.2, -0.15) is 0 Å². The van der Waals surface area contributed by atoms with Crippen LogP contribution in [0.5, 0.6) is 11.5 Å². The Kier molecular flexibility index (Phi) is 3.62. The summed E-state index contributed by atoms with van der Waals surface area (Å²) in [7, 11) is 0. The summed E-state index contributed by atoms with van der Waals surface area (Å²) in [4.78, 5) is 0.